The maximum absolute atomic E-state index is 13.6. The largest absolute Gasteiger partial charge is 0.367 e. The summed E-state index contributed by atoms with van der Waals surface area (Å²) in [5, 5.41) is 16.2. The minimum absolute atomic E-state index is 0.0289. The summed E-state index contributed by atoms with van der Waals surface area (Å²) in [6.45, 7) is 0. The molecular weight excluding hydrogens is 289 g/mol. The second-order valence-electron chi connectivity index (χ2n) is 3.68. The standard InChI is InChI=1S/C11H9ClFN5O2/c1-14-10-9(18(19)20)5-15-11(17-10)16-8-3-2-6(12)4-7(8)13/h2-5H,1H3,(H2,14,15,16,17). The van der Waals surface area contributed by atoms with Crippen molar-refractivity contribution in [3.8, 4) is 0 Å². The summed E-state index contributed by atoms with van der Waals surface area (Å²) in [5.41, 5.74) is -0.153. The fourth-order valence-electron chi connectivity index (χ4n) is 1.46. The van der Waals surface area contributed by atoms with E-state index in [1.165, 1.54) is 19.2 Å². The Morgan fingerprint density at radius 1 is 1.45 bits per heavy atom. The van der Waals surface area contributed by atoms with Gasteiger partial charge in [-0.2, -0.15) is 4.98 Å². The summed E-state index contributed by atoms with van der Waals surface area (Å²) in [5.74, 6) is -0.520. The topological polar surface area (TPSA) is 93.0 Å². The smallest absolute Gasteiger partial charge is 0.329 e. The molecule has 2 N–H and O–H groups in total. The predicted octanol–water partition coefficient (Wildman–Crippen LogP) is 2.96. The van der Waals surface area contributed by atoms with Crippen molar-refractivity contribution in [1.82, 2.24) is 9.97 Å². The van der Waals surface area contributed by atoms with Gasteiger partial charge in [0.05, 0.1) is 10.6 Å². The van der Waals surface area contributed by atoms with Crippen molar-refractivity contribution in [2.45, 2.75) is 0 Å². The summed E-state index contributed by atoms with van der Waals surface area (Å²) in [4.78, 5) is 17.8. The molecule has 0 fully saturated rings. The van der Waals surface area contributed by atoms with Crippen LogP contribution < -0.4 is 10.6 Å². The van der Waals surface area contributed by atoms with Gasteiger partial charge in [0.1, 0.15) is 12.0 Å². The zero-order valence-electron chi connectivity index (χ0n) is 10.2. The molecule has 0 unspecified atom stereocenters. The van der Waals surface area contributed by atoms with E-state index in [4.69, 9.17) is 11.6 Å². The van der Waals surface area contributed by atoms with E-state index in [2.05, 4.69) is 20.6 Å². The van der Waals surface area contributed by atoms with Gasteiger partial charge in [0.25, 0.3) is 0 Å². The zero-order chi connectivity index (χ0) is 14.7. The van der Waals surface area contributed by atoms with Crippen LogP contribution >= 0.6 is 11.6 Å². The van der Waals surface area contributed by atoms with Gasteiger partial charge in [0.15, 0.2) is 0 Å². The maximum Gasteiger partial charge on any atom is 0.329 e. The molecule has 1 heterocycles. The SMILES string of the molecule is CNc1nc(Nc2ccc(Cl)cc2F)ncc1[N+](=O)[O-]. The van der Waals surface area contributed by atoms with Crippen LogP contribution in [0.4, 0.5) is 27.5 Å². The first-order chi connectivity index (χ1) is 9.51. The Morgan fingerprint density at radius 2 is 2.20 bits per heavy atom. The highest BCUT2D eigenvalue weighted by Crippen LogP contribution is 2.25. The van der Waals surface area contributed by atoms with Crippen LogP contribution in [-0.2, 0) is 0 Å². The van der Waals surface area contributed by atoms with E-state index < -0.39 is 10.7 Å². The quantitative estimate of drug-likeness (QED) is 0.665. The molecule has 9 heteroatoms. The fraction of sp³-hybridized carbons (Fsp3) is 0.0909. The first-order valence-corrected chi connectivity index (χ1v) is 5.80. The Bertz CT molecular complexity index is 667. The van der Waals surface area contributed by atoms with Crippen LogP contribution in [0.25, 0.3) is 0 Å². The number of hydrogen-bond donors (Lipinski definition) is 2. The molecule has 0 saturated carbocycles. The summed E-state index contributed by atoms with van der Waals surface area (Å²) in [6.07, 6.45) is 1.04. The van der Waals surface area contributed by atoms with E-state index in [0.29, 0.717) is 0 Å². The number of rotatable bonds is 4. The van der Waals surface area contributed by atoms with Gasteiger partial charge >= 0.3 is 5.69 Å². The lowest BCUT2D eigenvalue weighted by molar-refractivity contribution is -0.384. The predicted molar refractivity (Wildman–Crippen MR) is 72.9 cm³/mol. The van der Waals surface area contributed by atoms with Crippen LogP contribution in [0.1, 0.15) is 0 Å². The van der Waals surface area contributed by atoms with Crippen molar-refractivity contribution in [2.24, 2.45) is 0 Å². The van der Waals surface area contributed by atoms with Gasteiger partial charge in [-0.3, -0.25) is 10.1 Å². The number of anilines is 3. The average Bonchev–Trinajstić information content (AvgIpc) is 2.41. The molecule has 104 valence electrons. The Labute approximate surface area is 118 Å². The number of nitro groups is 1. The van der Waals surface area contributed by atoms with Crippen molar-refractivity contribution in [2.75, 3.05) is 17.7 Å². The lowest BCUT2D eigenvalue weighted by Gasteiger charge is -2.07. The molecule has 0 aliphatic carbocycles. The van der Waals surface area contributed by atoms with Gasteiger partial charge in [-0.25, -0.2) is 9.37 Å². The number of nitrogens with one attached hydrogen (secondary N) is 2. The van der Waals surface area contributed by atoms with E-state index in [0.717, 1.165) is 12.3 Å². The zero-order valence-corrected chi connectivity index (χ0v) is 11.0. The van der Waals surface area contributed by atoms with Crippen LogP contribution in [0.15, 0.2) is 24.4 Å². The Hall–Kier alpha value is -2.48. The Morgan fingerprint density at radius 3 is 2.80 bits per heavy atom. The van der Waals surface area contributed by atoms with Crippen molar-refractivity contribution in [3.63, 3.8) is 0 Å². The molecule has 0 spiro atoms. The summed E-state index contributed by atoms with van der Waals surface area (Å²) < 4.78 is 13.6. The molecule has 0 aliphatic rings. The van der Waals surface area contributed by atoms with Crippen molar-refractivity contribution < 1.29 is 9.31 Å². The second-order valence-corrected chi connectivity index (χ2v) is 4.12. The highest BCUT2D eigenvalue weighted by molar-refractivity contribution is 6.30. The number of aromatic nitrogens is 2. The van der Waals surface area contributed by atoms with Crippen molar-refractivity contribution in [3.05, 3.63) is 45.4 Å². The molecular formula is C11H9ClFN5O2. The molecule has 1 aromatic heterocycles. The minimum atomic E-state index is -0.613. The average molecular weight is 298 g/mol. The molecule has 0 atom stereocenters. The number of benzene rings is 1. The monoisotopic (exact) mass is 297 g/mol. The van der Waals surface area contributed by atoms with Gasteiger partial charge in [-0.1, -0.05) is 11.6 Å². The third kappa shape index (κ3) is 2.91. The van der Waals surface area contributed by atoms with Gasteiger partial charge in [-0.15, -0.1) is 0 Å². The fourth-order valence-corrected chi connectivity index (χ4v) is 1.62. The summed E-state index contributed by atoms with van der Waals surface area (Å²) in [6, 6.07) is 4.05. The van der Waals surface area contributed by atoms with Gasteiger partial charge in [0.2, 0.25) is 11.8 Å². The third-order valence-electron chi connectivity index (χ3n) is 2.38. The first-order valence-electron chi connectivity index (χ1n) is 5.42. The second kappa shape index (κ2) is 5.66. The molecule has 0 radical (unpaired) electrons. The molecule has 0 bridgehead atoms. The molecule has 2 rings (SSSR count). The lowest BCUT2D eigenvalue weighted by Crippen LogP contribution is -2.05. The van der Waals surface area contributed by atoms with Crippen LogP contribution in [0, 0.1) is 15.9 Å². The van der Waals surface area contributed by atoms with E-state index in [-0.39, 0.29) is 28.2 Å². The van der Waals surface area contributed by atoms with Gasteiger partial charge in [-0.05, 0) is 18.2 Å². The van der Waals surface area contributed by atoms with Crippen molar-refractivity contribution in [1.29, 1.82) is 0 Å². The Balaban J connectivity index is 2.32. The normalized spacial score (nSPS) is 10.2. The summed E-state index contributed by atoms with van der Waals surface area (Å²) in [7, 11) is 1.49. The van der Waals surface area contributed by atoms with Gasteiger partial charge < -0.3 is 10.6 Å². The molecule has 0 amide bonds. The summed E-state index contributed by atoms with van der Waals surface area (Å²) >= 11 is 5.64. The number of hydrogen-bond acceptors (Lipinski definition) is 6. The van der Waals surface area contributed by atoms with Gasteiger partial charge in [0, 0.05) is 12.1 Å². The molecule has 1 aromatic carbocycles. The molecule has 0 saturated heterocycles. The lowest BCUT2D eigenvalue weighted by atomic mass is 10.3. The van der Waals surface area contributed by atoms with Crippen LogP contribution in [0.2, 0.25) is 5.02 Å². The van der Waals surface area contributed by atoms with E-state index in [1.54, 1.807) is 0 Å². The van der Waals surface area contributed by atoms with Crippen LogP contribution in [0.5, 0.6) is 0 Å². The molecule has 0 aliphatic heterocycles. The first kappa shape index (κ1) is 13.9. The van der Waals surface area contributed by atoms with Crippen LogP contribution in [0.3, 0.4) is 0 Å². The van der Waals surface area contributed by atoms with Crippen molar-refractivity contribution >= 4 is 34.7 Å². The third-order valence-corrected chi connectivity index (χ3v) is 2.62. The Kier molecular flexibility index (Phi) is 3.94. The van der Waals surface area contributed by atoms with E-state index >= 15 is 0 Å². The molecule has 7 nitrogen and oxygen atoms in total. The minimum Gasteiger partial charge on any atom is -0.367 e. The number of nitrogens with zero attached hydrogens (tertiary/aromatic N) is 3. The van der Waals surface area contributed by atoms with Crippen LogP contribution in [-0.4, -0.2) is 21.9 Å². The molecule has 2 aromatic rings. The highest BCUT2D eigenvalue weighted by Gasteiger charge is 2.16. The maximum atomic E-state index is 13.6. The highest BCUT2D eigenvalue weighted by atomic mass is 35.5. The molecule has 20 heavy (non-hydrogen) atoms. The number of halogens is 2. The van der Waals surface area contributed by atoms with E-state index in [1.807, 2.05) is 0 Å². The van der Waals surface area contributed by atoms with E-state index in [9.17, 15) is 14.5 Å².